The zero-order valence-electron chi connectivity index (χ0n) is 8.17. The van der Waals surface area contributed by atoms with Crippen molar-refractivity contribution < 1.29 is 19.5 Å². The van der Waals surface area contributed by atoms with E-state index in [9.17, 15) is 0 Å². The molecule has 1 rings (SSSR count). The van der Waals surface area contributed by atoms with Crippen LogP contribution in [0, 0.1) is 13.0 Å². The van der Waals surface area contributed by atoms with Gasteiger partial charge in [-0.05, 0) is 0 Å². The van der Waals surface area contributed by atoms with Gasteiger partial charge in [-0.1, -0.05) is 5.69 Å². The van der Waals surface area contributed by atoms with E-state index in [-0.39, 0.29) is 19.5 Å². The summed E-state index contributed by atoms with van der Waals surface area (Å²) in [5.74, 6) is 0. The molecule has 62 valence electrons. The Labute approximate surface area is 88.5 Å². The number of nitrogens with zero attached hydrogens (tertiary/aromatic N) is 1. The molecule has 0 aliphatic carbocycles. The largest absolute Gasteiger partial charge is 2.00 e. The van der Waals surface area contributed by atoms with Crippen LogP contribution in [0.5, 0.6) is 0 Å². The van der Waals surface area contributed by atoms with Crippen molar-refractivity contribution in [2.24, 2.45) is 0 Å². The van der Waals surface area contributed by atoms with Gasteiger partial charge in [-0.15, -0.1) is 12.1 Å². The molecule has 2 heteroatoms. The van der Waals surface area contributed by atoms with Gasteiger partial charge in [0.1, 0.15) is 0 Å². The maximum absolute atomic E-state index is 3.25. The van der Waals surface area contributed by atoms with E-state index in [0.29, 0.717) is 0 Å². The molecule has 0 unspecified atom stereocenters. The molecule has 0 saturated heterocycles. The Balaban J connectivity index is 0. The van der Waals surface area contributed by atoms with Gasteiger partial charge in [0.15, 0.2) is 0 Å². The Bertz CT molecular complexity index is 172. The molecular formula is C10H15NZn. The molecule has 0 bridgehead atoms. The fourth-order valence-electron chi connectivity index (χ4n) is 0.676. The van der Waals surface area contributed by atoms with E-state index in [1.165, 1.54) is 5.69 Å². The molecule has 0 aromatic heterocycles. The van der Waals surface area contributed by atoms with Crippen LogP contribution in [0.3, 0.4) is 0 Å². The van der Waals surface area contributed by atoms with Crippen LogP contribution >= 0.6 is 0 Å². The molecule has 1 nitrogen and oxygen atoms in total. The van der Waals surface area contributed by atoms with Gasteiger partial charge in [-0.2, -0.15) is 25.1 Å². The predicted octanol–water partition coefficient (Wildman–Crippen LogP) is 2.39. The minimum Gasteiger partial charge on any atom is -0.399 e. The first-order valence-corrected chi connectivity index (χ1v) is 3.65. The molecule has 0 saturated carbocycles. The summed E-state index contributed by atoms with van der Waals surface area (Å²) in [7, 11) is 4.05. The molecule has 0 N–H and O–H groups in total. The molecule has 0 radical (unpaired) electrons. The number of rotatable bonds is 1. The van der Waals surface area contributed by atoms with Crippen LogP contribution in [0.25, 0.3) is 0 Å². The van der Waals surface area contributed by atoms with Crippen LogP contribution < -0.4 is 4.90 Å². The van der Waals surface area contributed by atoms with Crippen molar-refractivity contribution in [3.63, 3.8) is 0 Å². The summed E-state index contributed by atoms with van der Waals surface area (Å²) in [5, 5.41) is 0. The first-order valence-electron chi connectivity index (χ1n) is 3.65. The predicted molar refractivity (Wildman–Crippen MR) is 50.6 cm³/mol. The van der Waals surface area contributed by atoms with Crippen LogP contribution in [0.2, 0.25) is 0 Å². The van der Waals surface area contributed by atoms with E-state index in [1.807, 2.05) is 38.4 Å². The SMILES string of the molecule is CN(C)c1cc[c-]cc1.[CH2-]C.[Zn+2]. The van der Waals surface area contributed by atoms with Crippen molar-refractivity contribution in [2.45, 2.75) is 6.92 Å². The van der Waals surface area contributed by atoms with Crippen molar-refractivity contribution in [3.8, 4) is 0 Å². The summed E-state index contributed by atoms with van der Waals surface area (Å²) in [4.78, 5) is 2.06. The molecule has 0 amide bonds. The van der Waals surface area contributed by atoms with E-state index in [2.05, 4.69) is 17.9 Å². The van der Waals surface area contributed by atoms with Crippen molar-refractivity contribution in [3.05, 3.63) is 37.3 Å². The normalized spacial score (nSPS) is 7.33. The summed E-state index contributed by atoms with van der Waals surface area (Å²) in [6.07, 6.45) is 0. The minimum atomic E-state index is 0. The summed E-state index contributed by atoms with van der Waals surface area (Å²) in [6.45, 7) is 5.00. The molecule has 12 heavy (non-hydrogen) atoms. The number of anilines is 1. The topological polar surface area (TPSA) is 3.24 Å². The smallest absolute Gasteiger partial charge is 0.399 e. The van der Waals surface area contributed by atoms with E-state index in [4.69, 9.17) is 0 Å². The summed E-state index contributed by atoms with van der Waals surface area (Å²) < 4.78 is 0. The third-order valence-corrected chi connectivity index (χ3v) is 1.22. The summed E-state index contributed by atoms with van der Waals surface area (Å²) in [5.41, 5.74) is 1.22. The number of benzene rings is 1. The van der Waals surface area contributed by atoms with Gasteiger partial charge in [0.25, 0.3) is 0 Å². The molecule has 1 aromatic rings. The van der Waals surface area contributed by atoms with E-state index in [0.717, 1.165) is 0 Å². The number of hydrogen-bond donors (Lipinski definition) is 0. The number of hydrogen-bond acceptors (Lipinski definition) is 1. The second kappa shape index (κ2) is 8.74. The average molecular weight is 215 g/mol. The van der Waals surface area contributed by atoms with Gasteiger partial charge >= 0.3 is 19.5 Å². The third kappa shape index (κ3) is 5.31. The molecule has 0 fully saturated rings. The monoisotopic (exact) mass is 213 g/mol. The molecule has 0 atom stereocenters. The second-order valence-electron chi connectivity index (χ2n) is 2.15. The first kappa shape index (κ1) is 14.2. The van der Waals surface area contributed by atoms with Gasteiger partial charge in [-0.3, -0.25) is 0 Å². The van der Waals surface area contributed by atoms with Crippen LogP contribution in [-0.2, 0) is 19.5 Å². The van der Waals surface area contributed by atoms with Crippen molar-refractivity contribution in [1.82, 2.24) is 0 Å². The fourth-order valence-corrected chi connectivity index (χ4v) is 0.676. The average Bonchev–Trinajstić information content (AvgIpc) is 2.10. The van der Waals surface area contributed by atoms with E-state index in [1.54, 1.807) is 6.92 Å². The van der Waals surface area contributed by atoms with Crippen molar-refractivity contribution in [1.29, 1.82) is 0 Å². The Kier molecular flexibility index (Phi) is 10.3. The maximum atomic E-state index is 3.25. The minimum absolute atomic E-state index is 0. The standard InChI is InChI=1S/C8H10N.C2H5.Zn/c1-9(2)8-6-4-3-5-7-8;1-2;/h4-7H,1-2H3;1H2,2H3;/q2*-1;+2. The van der Waals surface area contributed by atoms with Gasteiger partial charge in [0.05, 0.1) is 0 Å². The van der Waals surface area contributed by atoms with E-state index < -0.39 is 0 Å². The second-order valence-corrected chi connectivity index (χ2v) is 2.15. The van der Waals surface area contributed by atoms with Gasteiger partial charge in [-0.25, -0.2) is 0 Å². The zero-order valence-corrected chi connectivity index (χ0v) is 11.1. The van der Waals surface area contributed by atoms with Crippen LogP contribution in [0.15, 0.2) is 24.3 Å². The van der Waals surface area contributed by atoms with Crippen molar-refractivity contribution in [2.75, 3.05) is 19.0 Å². The molecule has 0 spiro atoms. The van der Waals surface area contributed by atoms with Gasteiger partial charge in [0, 0.05) is 14.1 Å². The molecule has 1 aromatic carbocycles. The van der Waals surface area contributed by atoms with Crippen molar-refractivity contribution >= 4 is 5.69 Å². The fraction of sp³-hybridized carbons (Fsp3) is 0.300. The van der Waals surface area contributed by atoms with Gasteiger partial charge in [0.2, 0.25) is 0 Å². The van der Waals surface area contributed by atoms with Gasteiger partial charge < -0.3 is 11.8 Å². The Morgan fingerprint density at radius 1 is 1.17 bits per heavy atom. The zero-order chi connectivity index (χ0) is 8.69. The third-order valence-electron chi connectivity index (χ3n) is 1.22. The molecular weight excluding hydrogens is 200 g/mol. The van der Waals surface area contributed by atoms with E-state index >= 15 is 0 Å². The maximum Gasteiger partial charge on any atom is 2.00 e. The van der Waals surface area contributed by atoms with Crippen LogP contribution in [0.4, 0.5) is 5.69 Å². The van der Waals surface area contributed by atoms with Crippen LogP contribution in [0.1, 0.15) is 6.92 Å². The molecule has 0 aliphatic heterocycles. The summed E-state index contributed by atoms with van der Waals surface area (Å²) in [6, 6.07) is 10.8. The quantitative estimate of drug-likeness (QED) is 0.513. The Morgan fingerprint density at radius 2 is 1.58 bits per heavy atom. The first-order chi connectivity index (χ1) is 5.30. The molecule has 0 heterocycles. The molecule has 0 aliphatic rings. The Morgan fingerprint density at radius 3 is 1.83 bits per heavy atom. The summed E-state index contributed by atoms with van der Waals surface area (Å²) >= 11 is 0. The van der Waals surface area contributed by atoms with Crippen LogP contribution in [-0.4, -0.2) is 14.1 Å². The Hall–Kier alpha value is -0.357.